The van der Waals surface area contributed by atoms with E-state index in [0.717, 1.165) is 68.5 Å². The molecular weight excluding hydrogens is 1160 g/mol. The molecule has 5 aromatic heterocycles. The molecule has 0 amide bonds. The summed E-state index contributed by atoms with van der Waals surface area (Å²) in [5.74, 6) is 0. The van der Waals surface area contributed by atoms with Gasteiger partial charge in [-0.25, -0.2) is 38.1 Å². The zero-order valence-corrected chi connectivity index (χ0v) is 50.5. The van der Waals surface area contributed by atoms with Gasteiger partial charge in [0.1, 0.15) is 6.29 Å². The molecule has 5 heterocycles. The highest BCUT2D eigenvalue weighted by molar-refractivity contribution is 7.89. The Hall–Kier alpha value is -7.95. The summed E-state index contributed by atoms with van der Waals surface area (Å²) in [6.07, 6.45) is 13.1. The first-order valence-corrected chi connectivity index (χ1v) is 30.7. The molecule has 20 nitrogen and oxygen atoms in total. The second-order valence-electron chi connectivity index (χ2n) is 17.9. The Bertz CT molecular complexity index is 4050. The Labute approximate surface area is 502 Å². The maximum atomic E-state index is 12.2. The lowest BCUT2D eigenvalue weighted by Crippen LogP contribution is -2.18. The van der Waals surface area contributed by atoms with Crippen molar-refractivity contribution in [2.75, 3.05) is 32.2 Å². The summed E-state index contributed by atoms with van der Waals surface area (Å²) >= 11 is -1.32. The van der Waals surface area contributed by atoms with Gasteiger partial charge in [0.05, 0.1) is 72.4 Å². The number of hydrogen-bond donors (Lipinski definition) is 5. The lowest BCUT2D eigenvalue weighted by atomic mass is 9.98. The number of anilines is 2. The number of fused-ring (bicyclic) bond motifs is 2. The first-order chi connectivity index (χ1) is 40.0. The Morgan fingerprint density at radius 3 is 1.69 bits per heavy atom. The summed E-state index contributed by atoms with van der Waals surface area (Å²) in [6, 6.07) is 36.7. The number of rotatable bonds is 14. The lowest BCUT2D eigenvalue weighted by molar-refractivity contribution is 0.112. The Morgan fingerprint density at radius 1 is 0.631 bits per heavy atom. The van der Waals surface area contributed by atoms with Gasteiger partial charge in [0.15, 0.2) is 0 Å². The van der Waals surface area contributed by atoms with Crippen molar-refractivity contribution < 1.29 is 30.7 Å². The average molecular weight is 1230 g/mol. The minimum absolute atomic E-state index is 0. The molecular formula is C59H67N13O7S5-2. The highest BCUT2D eigenvalue weighted by atomic mass is 32.2. The number of thiazole rings is 2. The van der Waals surface area contributed by atoms with Crippen LogP contribution in [0.2, 0.25) is 0 Å². The van der Waals surface area contributed by atoms with Crippen molar-refractivity contribution in [2.45, 2.75) is 47.9 Å². The molecule has 0 radical (unpaired) electrons. The van der Waals surface area contributed by atoms with Gasteiger partial charge in [-0.05, 0) is 159 Å². The van der Waals surface area contributed by atoms with Crippen LogP contribution in [0.25, 0.3) is 54.2 Å². The maximum absolute atomic E-state index is 12.2. The van der Waals surface area contributed by atoms with Gasteiger partial charge >= 0.3 is 0 Å². The normalized spacial score (nSPS) is 11.7. The summed E-state index contributed by atoms with van der Waals surface area (Å²) in [6.45, 7) is 2.07. The Kier molecular flexibility index (Phi) is 25.6. The molecule has 0 saturated carbocycles. The number of imidazole rings is 3. The molecule has 25 heteroatoms. The molecule has 0 fully saturated rings. The van der Waals surface area contributed by atoms with Gasteiger partial charge in [-0.3, -0.25) is 13.2 Å². The summed E-state index contributed by atoms with van der Waals surface area (Å²) in [5, 5.41) is 3.47. The highest BCUT2D eigenvalue weighted by Gasteiger charge is 2.18. The minimum atomic E-state index is -3.53. The third-order valence-electron chi connectivity index (χ3n) is 12.2. The topological polar surface area (TPSA) is 313 Å². The fraction of sp³-hybridized carbons (Fsp3) is 0.186. The molecule has 0 aliphatic heterocycles. The zero-order valence-electron chi connectivity index (χ0n) is 46.4. The Morgan fingerprint density at radius 2 is 1.15 bits per heavy atom. The quantitative estimate of drug-likeness (QED) is 0.0384. The molecule has 11 aromatic rings. The average Bonchev–Trinajstić information content (AvgIpc) is 4.46. The van der Waals surface area contributed by atoms with Crippen molar-refractivity contribution >= 4 is 93.0 Å². The third kappa shape index (κ3) is 18.0. The van der Waals surface area contributed by atoms with Gasteiger partial charge in [0.25, 0.3) is 0 Å². The van der Waals surface area contributed by atoms with Crippen molar-refractivity contribution in [3.05, 3.63) is 192 Å². The number of hydrogen-bond acceptors (Lipinski definition) is 18. The van der Waals surface area contributed by atoms with E-state index in [2.05, 4.69) is 77.6 Å². The number of aldehydes is 1. The number of carbonyl (C=O) groups excluding carboxylic acids is 1. The fourth-order valence-electron chi connectivity index (χ4n) is 8.12. The fourth-order valence-corrected chi connectivity index (χ4v) is 11.1. The van der Waals surface area contributed by atoms with Crippen molar-refractivity contribution in [1.82, 2.24) is 43.3 Å². The molecule has 6 aromatic carbocycles. The molecule has 0 saturated heterocycles. The van der Waals surface area contributed by atoms with E-state index in [1.807, 2.05) is 90.6 Å². The molecule has 11 rings (SSSR count). The van der Waals surface area contributed by atoms with Crippen LogP contribution in [-0.2, 0) is 66.2 Å². The van der Waals surface area contributed by atoms with E-state index < -0.39 is 32.2 Å². The van der Waals surface area contributed by atoms with Crippen molar-refractivity contribution in [2.24, 2.45) is 32.6 Å². The first kappa shape index (κ1) is 66.8. The van der Waals surface area contributed by atoms with Gasteiger partial charge in [0, 0.05) is 89.2 Å². The monoisotopic (exact) mass is 1230 g/mol. The molecule has 0 aliphatic carbocycles. The van der Waals surface area contributed by atoms with Crippen molar-refractivity contribution in [3.63, 3.8) is 0 Å². The first-order valence-electron chi connectivity index (χ1n) is 25.3. The number of sulfonamides is 1. The summed E-state index contributed by atoms with van der Waals surface area (Å²) in [5.41, 5.74) is 30.3. The molecule has 0 aliphatic rings. The molecule has 84 heavy (non-hydrogen) atoms. The summed E-state index contributed by atoms with van der Waals surface area (Å²) < 4.78 is 78.8. The van der Waals surface area contributed by atoms with E-state index in [1.165, 1.54) is 43.5 Å². The number of aromatic nitrogens is 8. The number of aryl methyl sites for hydroxylation is 5. The van der Waals surface area contributed by atoms with Crippen LogP contribution in [0.1, 0.15) is 47.4 Å². The van der Waals surface area contributed by atoms with Crippen LogP contribution in [0.15, 0.2) is 185 Å². The van der Waals surface area contributed by atoms with Crippen LogP contribution in [0, 0.1) is 0 Å². The van der Waals surface area contributed by atoms with Crippen LogP contribution < -0.4 is 27.2 Å². The molecule has 0 bridgehead atoms. The van der Waals surface area contributed by atoms with Crippen LogP contribution in [0.5, 0.6) is 0 Å². The largest absolute Gasteiger partial charge is 0.768 e. The standard InChI is InChI=1S/C19H22N4O2S.C19H17N3O2S2.C10H11N3O2S.C8H5NOS.2CH5N.CH4/c1-14(15-7-5-4-6-8-15)22-18-10-9-16(26(24,25)20-2)11-17(18)19-12-23(3)13-21-19;1-22-10-18(20-11-22)16-9-15(26(23)24)6-5-14(16)4-2-13-3-7-17-19(8-13)25-12-21-17;1-13-5-10(12-6-13)8-4-7(16(14)15)2-3-9(8)11;10-4-6-1-2-7-8(3-6)11-5-9-7;2*1-2;/h4-14,20,22H,1-3H3;3,5-12H,2,4H2,1H3,(H,23,24);2-6H,11H2,1H3,(H,14,15);1-5H;2*2H2,1H3;1H4/p-2/t14-;;;;;;/m1....../s1. The number of nitrogens with zero attached hydrogens (tertiary/aromatic N) is 8. The van der Waals surface area contributed by atoms with Crippen LogP contribution in [-0.4, -0.2) is 92.0 Å². The number of carbonyl (C=O) groups is 1. The molecule has 2 unspecified atom stereocenters. The number of nitrogen functional groups attached to an aromatic ring is 1. The smallest absolute Gasteiger partial charge is 0.240 e. The van der Waals surface area contributed by atoms with Crippen molar-refractivity contribution in [1.29, 1.82) is 0 Å². The molecule has 8 N–H and O–H groups in total. The second kappa shape index (κ2) is 32.2. The number of nitrogens with two attached hydrogens (primary N) is 3. The van der Waals surface area contributed by atoms with Gasteiger partial charge in [-0.15, -0.1) is 22.7 Å². The maximum Gasteiger partial charge on any atom is 0.240 e. The van der Waals surface area contributed by atoms with Crippen LogP contribution in [0.3, 0.4) is 0 Å². The van der Waals surface area contributed by atoms with Gasteiger partial charge in [-0.2, -0.15) is 0 Å². The van der Waals surface area contributed by atoms with Crippen LogP contribution >= 0.6 is 22.7 Å². The van der Waals surface area contributed by atoms with Crippen LogP contribution in [0.4, 0.5) is 11.4 Å². The highest BCUT2D eigenvalue weighted by Crippen LogP contribution is 2.33. The zero-order chi connectivity index (χ0) is 60.2. The van der Waals surface area contributed by atoms with E-state index in [0.29, 0.717) is 28.2 Å². The summed E-state index contributed by atoms with van der Waals surface area (Å²) in [7, 11) is 6.48. The SMILES string of the molecule is C.CN.CN.CNS(=O)(=O)c1ccc(N[C@H](C)c2ccccc2)c(-c2cn(C)cn2)c1.Cn1cnc(-c2cc(S(=O)[O-])ccc2CCc2ccc3ncsc3c2)c1.Cn1cnc(-c2cc(S(=O)[O-])ccc2N)c1.O=Cc1ccc2ncsc2c1. The molecule has 442 valence electrons. The molecule has 3 atom stereocenters. The molecule has 0 spiro atoms. The van der Waals surface area contributed by atoms with E-state index in [9.17, 15) is 30.7 Å². The second-order valence-corrected chi connectivity index (χ2v) is 23.4. The minimum Gasteiger partial charge on any atom is -0.768 e. The predicted octanol–water partition coefficient (Wildman–Crippen LogP) is 9.69. The third-order valence-corrected chi connectivity index (χ3v) is 16.5. The number of benzene rings is 6. The van der Waals surface area contributed by atoms with Gasteiger partial charge < -0.3 is 45.3 Å². The van der Waals surface area contributed by atoms with E-state index >= 15 is 0 Å². The number of nitrogens with one attached hydrogen (secondary N) is 2. The Balaban J connectivity index is 0.000000208. The predicted molar refractivity (Wildman–Crippen MR) is 338 cm³/mol. The van der Waals surface area contributed by atoms with Gasteiger partial charge in [0.2, 0.25) is 10.0 Å². The van der Waals surface area contributed by atoms with E-state index in [-0.39, 0.29) is 28.2 Å². The van der Waals surface area contributed by atoms with E-state index in [4.69, 9.17) is 5.73 Å². The lowest BCUT2D eigenvalue weighted by Gasteiger charge is -2.19. The van der Waals surface area contributed by atoms with Gasteiger partial charge in [-0.1, -0.05) is 49.9 Å². The van der Waals surface area contributed by atoms with E-state index in [1.54, 1.807) is 100 Å². The van der Waals surface area contributed by atoms with Crippen molar-refractivity contribution in [3.8, 4) is 33.8 Å². The summed E-state index contributed by atoms with van der Waals surface area (Å²) in [4.78, 5) is 32.4.